The Hall–Kier alpha value is -3.80. The minimum Gasteiger partial charge on any atom is -0.291 e. The summed E-state index contributed by atoms with van der Waals surface area (Å²) in [7, 11) is -3.03. The molecule has 1 saturated carbocycles. The number of pyridine rings is 1. The first-order chi connectivity index (χ1) is 21.7. The molecule has 6 nitrogen and oxygen atoms in total. The molecular weight excluding hydrogens is 640 g/mol. The van der Waals surface area contributed by atoms with Crippen molar-refractivity contribution in [3.8, 4) is 5.69 Å². The number of benzene rings is 2. The zero-order chi connectivity index (χ0) is 33.0. The van der Waals surface area contributed by atoms with E-state index in [-0.39, 0.29) is 36.4 Å². The maximum atomic E-state index is 14.6. The highest BCUT2D eigenvalue weighted by Crippen LogP contribution is 2.51. The van der Waals surface area contributed by atoms with Crippen molar-refractivity contribution >= 4 is 39.0 Å². The molecule has 2 aliphatic carbocycles. The number of ketones is 1. The molecule has 2 heterocycles. The zero-order valence-electron chi connectivity index (χ0n) is 25.1. The maximum Gasteiger partial charge on any atom is 0.417 e. The first-order valence-electron chi connectivity index (χ1n) is 14.7. The molecule has 6 rings (SSSR count). The number of carbonyl (C=O) groups excluding carboxylic acids is 1. The molecule has 2 aromatic carbocycles. The van der Waals surface area contributed by atoms with Gasteiger partial charge in [-0.2, -0.15) is 18.3 Å². The number of halogens is 5. The summed E-state index contributed by atoms with van der Waals surface area (Å²) in [6.45, 7) is 3.84. The van der Waals surface area contributed by atoms with Crippen LogP contribution < -0.4 is 0 Å². The minimum absolute atomic E-state index is 0.0851. The molecule has 46 heavy (non-hydrogen) atoms. The van der Waals surface area contributed by atoms with E-state index < -0.39 is 32.6 Å². The van der Waals surface area contributed by atoms with Crippen molar-refractivity contribution in [3.63, 3.8) is 0 Å². The van der Waals surface area contributed by atoms with E-state index in [1.165, 1.54) is 12.1 Å². The molecule has 1 fully saturated rings. The molecule has 4 aromatic rings. The predicted molar refractivity (Wildman–Crippen MR) is 171 cm³/mol. The maximum absolute atomic E-state index is 14.6. The summed E-state index contributed by atoms with van der Waals surface area (Å²) in [6, 6.07) is 14.0. The van der Waals surface area contributed by atoms with Crippen LogP contribution in [0.2, 0.25) is 5.02 Å². The molecule has 2 aliphatic rings. The smallest absolute Gasteiger partial charge is 0.291 e. The molecule has 2 aromatic heterocycles. The van der Waals surface area contributed by atoms with Crippen molar-refractivity contribution in [1.29, 1.82) is 0 Å². The van der Waals surface area contributed by atoms with Gasteiger partial charge in [0.05, 0.1) is 38.3 Å². The lowest BCUT2D eigenvalue weighted by molar-refractivity contribution is -0.137. The number of fused-ring (bicyclic) bond motifs is 2. The molecule has 0 radical (unpaired) electrons. The van der Waals surface area contributed by atoms with Crippen LogP contribution >= 0.6 is 11.6 Å². The average Bonchev–Trinajstić information content (AvgIpc) is 3.41. The third kappa shape index (κ3) is 5.69. The zero-order valence-corrected chi connectivity index (χ0v) is 26.7. The van der Waals surface area contributed by atoms with Crippen molar-refractivity contribution in [3.05, 3.63) is 112 Å². The molecule has 0 bridgehead atoms. The van der Waals surface area contributed by atoms with Crippen LogP contribution in [0.3, 0.4) is 0 Å². The lowest BCUT2D eigenvalue weighted by atomic mass is 9.60. The van der Waals surface area contributed by atoms with Gasteiger partial charge in [-0.3, -0.25) is 9.78 Å². The van der Waals surface area contributed by atoms with Gasteiger partial charge < -0.3 is 0 Å². The quantitative estimate of drug-likeness (QED) is 0.114. The van der Waals surface area contributed by atoms with Crippen molar-refractivity contribution in [2.45, 2.75) is 62.7 Å². The fraction of sp³-hybridized carbons (Fsp3) is 0.294. The van der Waals surface area contributed by atoms with Crippen LogP contribution in [0, 0.1) is 11.2 Å². The first kappa shape index (κ1) is 32.2. The van der Waals surface area contributed by atoms with Gasteiger partial charge in [-0.05, 0) is 118 Å². The van der Waals surface area contributed by atoms with E-state index in [0.29, 0.717) is 34.6 Å². The number of nitrogens with zero attached hydrogens (tertiary/aromatic N) is 4. The number of aromatic nitrogens is 3. The lowest BCUT2D eigenvalue weighted by Crippen LogP contribution is -2.52. The fourth-order valence-corrected chi connectivity index (χ4v) is 9.08. The fourth-order valence-electron chi connectivity index (χ4n) is 6.80. The Balaban J connectivity index is 1.45. The van der Waals surface area contributed by atoms with Crippen molar-refractivity contribution in [1.82, 2.24) is 19.1 Å². The largest absolute Gasteiger partial charge is 0.417 e. The van der Waals surface area contributed by atoms with Crippen LogP contribution in [-0.4, -0.2) is 47.0 Å². The highest BCUT2D eigenvalue weighted by Gasteiger charge is 2.51. The van der Waals surface area contributed by atoms with E-state index in [4.69, 9.17) is 11.6 Å². The van der Waals surface area contributed by atoms with E-state index >= 15 is 0 Å². The predicted octanol–water partition coefficient (Wildman–Crippen LogP) is 7.84. The van der Waals surface area contributed by atoms with Crippen molar-refractivity contribution in [2.24, 2.45) is 5.41 Å². The van der Waals surface area contributed by atoms with Gasteiger partial charge in [-0.25, -0.2) is 17.6 Å². The van der Waals surface area contributed by atoms with Gasteiger partial charge >= 0.3 is 6.18 Å². The van der Waals surface area contributed by atoms with Gasteiger partial charge in [0.2, 0.25) is 0 Å². The van der Waals surface area contributed by atoms with E-state index in [0.717, 1.165) is 29.0 Å². The van der Waals surface area contributed by atoms with E-state index in [2.05, 4.69) is 16.0 Å². The second-order valence-corrected chi connectivity index (χ2v) is 14.7. The van der Waals surface area contributed by atoms with Gasteiger partial charge in [-0.15, -0.1) is 0 Å². The number of hydrogen-bond acceptors (Lipinski definition) is 4. The highest BCUT2D eigenvalue weighted by atomic mass is 35.5. The Morgan fingerprint density at radius 2 is 1.78 bits per heavy atom. The Bertz CT molecular complexity index is 1920. The molecular formula is C34H31ClF4N4O2S. The lowest BCUT2D eigenvalue weighted by Gasteiger charge is -2.48. The first-order valence-corrected chi connectivity index (χ1v) is 16.8. The molecule has 0 aliphatic heterocycles. The van der Waals surface area contributed by atoms with Crippen molar-refractivity contribution < 1.29 is 26.6 Å². The van der Waals surface area contributed by atoms with Gasteiger partial charge in [0.15, 0.2) is 5.78 Å². The monoisotopic (exact) mass is 670 g/mol. The standard InChI is InChI=1S/C34H31ClF4N4O2S/c1-21(2)43(46(3,45)29-13-6-25(35)7-14-29)28-10-4-23-16-31-22(19-41-42(31)27-11-8-26(36)9-12-27)17-33(23,18-28)32(44)30-15-5-24(20-40-30)34(37,38)39/h5-9,11-16,19-21,28H,3-4,10,17-18H2,1-2H3/t28-,33-,46?/m0/s1. The summed E-state index contributed by atoms with van der Waals surface area (Å²) < 4.78 is 71.7. The summed E-state index contributed by atoms with van der Waals surface area (Å²) in [6.07, 6.45) is 1.09. The van der Waals surface area contributed by atoms with Gasteiger partial charge in [0.25, 0.3) is 0 Å². The van der Waals surface area contributed by atoms with E-state index in [1.54, 1.807) is 47.3 Å². The molecule has 3 atom stereocenters. The molecule has 12 heteroatoms. The second kappa shape index (κ2) is 11.8. The molecule has 0 N–H and O–H groups in total. The Kier molecular flexibility index (Phi) is 8.23. The second-order valence-electron chi connectivity index (χ2n) is 12.1. The van der Waals surface area contributed by atoms with Crippen LogP contribution in [0.1, 0.15) is 60.4 Å². The topological polar surface area (TPSA) is 68.1 Å². The summed E-state index contributed by atoms with van der Waals surface area (Å²) in [4.78, 5) is 19.1. The summed E-state index contributed by atoms with van der Waals surface area (Å²) in [5.41, 5.74) is 0.695. The summed E-state index contributed by atoms with van der Waals surface area (Å²) in [5.74, 6) is 3.36. The Morgan fingerprint density at radius 3 is 2.39 bits per heavy atom. The number of rotatable bonds is 7. The normalized spacial score (nSPS) is 21.0. The minimum atomic E-state index is -4.60. The number of alkyl halides is 3. The third-order valence-corrected chi connectivity index (χ3v) is 11.5. The van der Waals surface area contributed by atoms with E-state index in [1.807, 2.05) is 24.2 Å². The Labute approximate surface area is 269 Å². The highest BCUT2D eigenvalue weighted by molar-refractivity contribution is 7.98. The number of hydrogen-bond donors (Lipinski definition) is 0. The van der Waals surface area contributed by atoms with Crippen LogP contribution in [0.15, 0.2) is 83.5 Å². The van der Waals surface area contributed by atoms with Gasteiger partial charge in [-0.1, -0.05) is 17.2 Å². The number of carbonyl (C=O) groups is 1. The Morgan fingerprint density at radius 1 is 1.09 bits per heavy atom. The van der Waals surface area contributed by atoms with Crippen molar-refractivity contribution in [2.75, 3.05) is 0 Å². The third-order valence-electron chi connectivity index (χ3n) is 8.86. The van der Waals surface area contributed by atoms with Crippen LogP contribution in [0.5, 0.6) is 0 Å². The molecule has 240 valence electrons. The van der Waals surface area contributed by atoms with Crippen LogP contribution in [0.25, 0.3) is 11.8 Å². The van der Waals surface area contributed by atoms with Crippen LogP contribution in [-0.2, 0) is 22.3 Å². The van der Waals surface area contributed by atoms with Gasteiger partial charge in [0.1, 0.15) is 11.5 Å². The SMILES string of the molecule is C=S(=O)(c1ccc(Cl)cc1)N(C(C)C)[C@H]1CCC2=Cc3c(cnn3-c3ccc(F)cc3)C[C@]2(C(=O)c2ccc(C(F)(F)F)cn2)C1. The number of Topliss-reactive ketones (excluding diaryl/α,β-unsaturated/α-hetero) is 1. The summed E-state index contributed by atoms with van der Waals surface area (Å²) >= 11 is 6.10. The molecule has 0 spiro atoms. The molecule has 0 saturated heterocycles. The van der Waals surface area contributed by atoms with Gasteiger partial charge in [0, 0.05) is 28.2 Å². The molecule has 1 unspecified atom stereocenters. The summed E-state index contributed by atoms with van der Waals surface area (Å²) in [5, 5.41) is 5.04. The van der Waals surface area contributed by atoms with E-state index in [9.17, 15) is 26.6 Å². The average molecular weight is 671 g/mol. The number of allylic oxidation sites excluding steroid dienone is 1. The molecule has 0 amide bonds. The van der Waals surface area contributed by atoms with Crippen LogP contribution in [0.4, 0.5) is 17.6 Å².